The molecule has 1 aromatic rings. The van der Waals surface area contributed by atoms with Crippen molar-refractivity contribution >= 4 is 30.7 Å². The number of rotatable bonds is 4. The zero-order chi connectivity index (χ0) is 13.7. The maximum Gasteiger partial charge on any atom is 0.237 e. The Kier molecular flexibility index (Phi) is 9.62. The highest BCUT2D eigenvalue weighted by Crippen LogP contribution is 2.12. The summed E-state index contributed by atoms with van der Waals surface area (Å²) in [4.78, 5) is 14.5. The van der Waals surface area contributed by atoms with Gasteiger partial charge in [0.1, 0.15) is 0 Å². The van der Waals surface area contributed by atoms with Crippen LogP contribution in [0.3, 0.4) is 0 Å². The van der Waals surface area contributed by atoms with E-state index in [0.717, 1.165) is 31.7 Å². The minimum Gasteiger partial charge on any atom is -0.348 e. The molecule has 2 N–H and O–H groups in total. The summed E-state index contributed by atoms with van der Waals surface area (Å²) in [6.07, 6.45) is 0. The summed E-state index contributed by atoms with van der Waals surface area (Å²) >= 11 is 0. The molecule has 1 aliphatic rings. The van der Waals surface area contributed by atoms with Gasteiger partial charge in [-0.05, 0) is 19.4 Å². The van der Waals surface area contributed by atoms with Crippen LogP contribution in [-0.2, 0) is 4.79 Å². The van der Waals surface area contributed by atoms with E-state index in [2.05, 4.69) is 15.5 Å². The first kappa shape index (κ1) is 20.2. The number of piperazine rings is 1. The molecule has 1 heterocycles. The fourth-order valence-corrected chi connectivity index (χ4v) is 2.39. The molecule has 4 nitrogen and oxygen atoms in total. The predicted octanol–water partition coefficient (Wildman–Crippen LogP) is 2.00. The zero-order valence-corrected chi connectivity index (χ0v) is 14.2. The van der Waals surface area contributed by atoms with Gasteiger partial charge in [0.05, 0.1) is 12.1 Å². The van der Waals surface area contributed by atoms with Gasteiger partial charge < -0.3 is 10.6 Å². The number of hydrogen-bond donors (Lipinski definition) is 2. The normalized spacial score (nSPS) is 17.8. The van der Waals surface area contributed by atoms with E-state index in [-0.39, 0.29) is 42.8 Å². The number of hydrogen-bond acceptors (Lipinski definition) is 3. The summed E-state index contributed by atoms with van der Waals surface area (Å²) in [6.45, 7) is 7.82. The molecular formula is C15H25Cl2N3O. The molecule has 2 unspecified atom stereocenters. The van der Waals surface area contributed by atoms with Crippen molar-refractivity contribution in [2.75, 3.05) is 26.2 Å². The van der Waals surface area contributed by atoms with Crippen LogP contribution in [-0.4, -0.2) is 43.0 Å². The standard InChI is InChI=1S/C15H23N3O.2ClH/c1-12(14-6-4-3-5-7-14)17-15(19)13(2)18-10-8-16-9-11-18;;/h3-7,12-13,16H,8-11H2,1-2H3,(H,17,19);2*1H. The van der Waals surface area contributed by atoms with E-state index in [1.165, 1.54) is 0 Å². The van der Waals surface area contributed by atoms with Crippen LogP contribution in [0.5, 0.6) is 0 Å². The molecule has 0 bridgehead atoms. The van der Waals surface area contributed by atoms with Crippen LogP contribution in [0.15, 0.2) is 30.3 Å². The van der Waals surface area contributed by atoms with Gasteiger partial charge in [-0.1, -0.05) is 30.3 Å². The second kappa shape index (κ2) is 10.0. The lowest BCUT2D eigenvalue weighted by Gasteiger charge is -2.32. The van der Waals surface area contributed by atoms with Crippen molar-refractivity contribution in [2.45, 2.75) is 25.9 Å². The van der Waals surface area contributed by atoms with E-state index in [9.17, 15) is 4.79 Å². The molecule has 2 rings (SSSR count). The topological polar surface area (TPSA) is 44.4 Å². The van der Waals surface area contributed by atoms with Gasteiger partial charge >= 0.3 is 0 Å². The third-order valence-corrected chi connectivity index (χ3v) is 3.74. The Bertz CT molecular complexity index is 411. The Labute approximate surface area is 139 Å². The van der Waals surface area contributed by atoms with Gasteiger partial charge in [0, 0.05) is 26.2 Å². The average Bonchev–Trinajstić information content (AvgIpc) is 2.48. The van der Waals surface area contributed by atoms with E-state index in [0.29, 0.717) is 0 Å². The quantitative estimate of drug-likeness (QED) is 0.885. The van der Waals surface area contributed by atoms with Gasteiger partial charge in [0.25, 0.3) is 0 Å². The molecule has 2 atom stereocenters. The highest BCUT2D eigenvalue weighted by Gasteiger charge is 2.23. The van der Waals surface area contributed by atoms with Crippen LogP contribution in [0.4, 0.5) is 0 Å². The molecule has 120 valence electrons. The number of benzene rings is 1. The second-order valence-corrected chi connectivity index (χ2v) is 5.10. The lowest BCUT2D eigenvalue weighted by molar-refractivity contribution is -0.126. The van der Waals surface area contributed by atoms with E-state index in [1.807, 2.05) is 44.2 Å². The molecule has 0 saturated carbocycles. The summed E-state index contributed by atoms with van der Waals surface area (Å²) < 4.78 is 0. The van der Waals surface area contributed by atoms with Crippen LogP contribution in [0.25, 0.3) is 0 Å². The van der Waals surface area contributed by atoms with E-state index < -0.39 is 0 Å². The van der Waals surface area contributed by atoms with Crippen LogP contribution in [0.2, 0.25) is 0 Å². The first-order valence-corrected chi connectivity index (χ1v) is 6.98. The van der Waals surface area contributed by atoms with Crippen LogP contribution in [0, 0.1) is 0 Å². The van der Waals surface area contributed by atoms with E-state index >= 15 is 0 Å². The Hall–Kier alpha value is -0.810. The van der Waals surface area contributed by atoms with E-state index in [1.54, 1.807) is 0 Å². The van der Waals surface area contributed by atoms with Crippen molar-refractivity contribution in [1.82, 2.24) is 15.5 Å². The van der Waals surface area contributed by atoms with Crippen molar-refractivity contribution in [3.05, 3.63) is 35.9 Å². The SMILES string of the molecule is CC(NC(=O)C(C)N1CCNCC1)c1ccccc1.Cl.Cl. The molecular weight excluding hydrogens is 309 g/mol. The highest BCUT2D eigenvalue weighted by molar-refractivity contribution is 5.85. The monoisotopic (exact) mass is 333 g/mol. The van der Waals surface area contributed by atoms with Gasteiger partial charge in [-0.3, -0.25) is 9.69 Å². The highest BCUT2D eigenvalue weighted by atomic mass is 35.5. The molecule has 0 aromatic heterocycles. The van der Waals surface area contributed by atoms with Gasteiger partial charge in [-0.25, -0.2) is 0 Å². The molecule has 0 radical (unpaired) electrons. The van der Waals surface area contributed by atoms with Crippen LogP contribution in [0.1, 0.15) is 25.5 Å². The largest absolute Gasteiger partial charge is 0.348 e. The number of carbonyl (C=O) groups is 1. The molecule has 1 fully saturated rings. The Balaban J connectivity index is 0.00000200. The first-order valence-electron chi connectivity index (χ1n) is 6.98. The molecule has 0 aliphatic carbocycles. The van der Waals surface area contributed by atoms with Crippen molar-refractivity contribution < 1.29 is 4.79 Å². The van der Waals surface area contributed by atoms with Gasteiger partial charge in [0.2, 0.25) is 5.91 Å². The minimum atomic E-state index is -0.0618. The summed E-state index contributed by atoms with van der Waals surface area (Å²) in [5.74, 6) is 0.109. The predicted molar refractivity (Wildman–Crippen MR) is 91.4 cm³/mol. The number of amides is 1. The number of nitrogens with one attached hydrogen (secondary N) is 2. The van der Waals surface area contributed by atoms with Crippen LogP contribution >= 0.6 is 24.8 Å². The summed E-state index contributed by atoms with van der Waals surface area (Å²) in [6, 6.07) is 10.1. The van der Waals surface area contributed by atoms with Crippen LogP contribution < -0.4 is 10.6 Å². The Morgan fingerprint density at radius 1 is 1.14 bits per heavy atom. The molecule has 1 aromatic carbocycles. The van der Waals surface area contributed by atoms with Crippen molar-refractivity contribution in [3.8, 4) is 0 Å². The minimum absolute atomic E-state index is 0. The molecule has 0 spiro atoms. The third-order valence-electron chi connectivity index (χ3n) is 3.74. The van der Waals surface area contributed by atoms with Gasteiger partial charge in [-0.15, -0.1) is 24.8 Å². The number of carbonyl (C=O) groups excluding carboxylic acids is 1. The Morgan fingerprint density at radius 2 is 1.71 bits per heavy atom. The summed E-state index contributed by atoms with van der Waals surface area (Å²) in [5.41, 5.74) is 1.14. The maximum absolute atomic E-state index is 12.3. The van der Waals surface area contributed by atoms with Gasteiger partial charge in [-0.2, -0.15) is 0 Å². The molecule has 21 heavy (non-hydrogen) atoms. The lowest BCUT2D eigenvalue weighted by atomic mass is 10.1. The maximum atomic E-state index is 12.3. The summed E-state index contributed by atoms with van der Waals surface area (Å²) in [5, 5.41) is 6.39. The second-order valence-electron chi connectivity index (χ2n) is 5.10. The fraction of sp³-hybridized carbons (Fsp3) is 0.533. The lowest BCUT2D eigenvalue weighted by Crippen LogP contribution is -2.52. The van der Waals surface area contributed by atoms with Gasteiger partial charge in [0.15, 0.2) is 0 Å². The number of halogens is 2. The van der Waals surface area contributed by atoms with Crippen molar-refractivity contribution in [1.29, 1.82) is 0 Å². The third kappa shape index (κ3) is 5.83. The first-order chi connectivity index (χ1) is 9.18. The van der Waals surface area contributed by atoms with E-state index in [4.69, 9.17) is 0 Å². The molecule has 1 aliphatic heterocycles. The molecule has 6 heteroatoms. The summed E-state index contributed by atoms with van der Waals surface area (Å²) in [7, 11) is 0. The smallest absolute Gasteiger partial charge is 0.237 e. The fourth-order valence-electron chi connectivity index (χ4n) is 2.39. The number of nitrogens with zero attached hydrogens (tertiary/aromatic N) is 1. The molecule has 1 amide bonds. The average molecular weight is 334 g/mol. The molecule has 1 saturated heterocycles. The van der Waals surface area contributed by atoms with Crippen molar-refractivity contribution in [2.24, 2.45) is 0 Å². The zero-order valence-electron chi connectivity index (χ0n) is 12.5. The Morgan fingerprint density at radius 3 is 2.29 bits per heavy atom. The van der Waals surface area contributed by atoms with Crippen molar-refractivity contribution in [3.63, 3.8) is 0 Å².